The van der Waals surface area contributed by atoms with Crippen molar-refractivity contribution in [3.63, 3.8) is 0 Å². The third kappa shape index (κ3) is 3.64. The number of nitrogens with one attached hydrogen (secondary N) is 3. The van der Waals surface area contributed by atoms with Gasteiger partial charge >= 0.3 is 6.18 Å². The molecule has 5 nitrogen and oxygen atoms in total. The van der Waals surface area contributed by atoms with Gasteiger partial charge in [0.05, 0.1) is 16.5 Å². The molecule has 2 aromatic rings. The summed E-state index contributed by atoms with van der Waals surface area (Å²) in [5.41, 5.74) is -1.18. The van der Waals surface area contributed by atoms with E-state index in [4.69, 9.17) is 0 Å². The first-order valence-corrected chi connectivity index (χ1v) is 7.49. The maximum atomic E-state index is 12.7. The smallest absolute Gasteiger partial charge is 0.355 e. The van der Waals surface area contributed by atoms with Crippen LogP contribution in [0.4, 0.5) is 19.1 Å². The average molecular weight is 326 g/mol. The molecule has 1 aromatic heterocycles. The summed E-state index contributed by atoms with van der Waals surface area (Å²) < 4.78 is 38.1. The molecule has 0 atom stereocenters. The largest absolute Gasteiger partial charge is 0.416 e. The van der Waals surface area contributed by atoms with Crippen LogP contribution >= 0.6 is 0 Å². The summed E-state index contributed by atoms with van der Waals surface area (Å²) >= 11 is 0. The number of hydrogen-bond donors (Lipinski definition) is 3. The molecule has 1 aliphatic heterocycles. The average Bonchev–Trinajstić information content (AvgIpc) is 2.53. The van der Waals surface area contributed by atoms with E-state index in [2.05, 4.69) is 20.6 Å². The summed E-state index contributed by atoms with van der Waals surface area (Å²) in [6, 6.07) is 2.99. The number of hydrogen-bond acceptors (Lipinski definition) is 4. The fraction of sp³-hybridized carbons (Fsp3) is 0.467. The Hall–Kier alpha value is -2.09. The van der Waals surface area contributed by atoms with Crippen LogP contribution in [0.25, 0.3) is 10.9 Å². The highest BCUT2D eigenvalue weighted by molar-refractivity contribution is 5.79. The van der Waals surface area contributed by atoms with Crippen LogP contribution in [0.2, 0.25) is 0 Å². The highest BCUT2D eigenvalue weighted by atomic mass is 19.4. The summed E-state index contributed by atoms with van der Waals surface area (Å²) in [5, 5.41) is 6.28. The lowest BCUT2D eigenvalue weighted by Gasteiger charge is -2.22. The molecule has 0 spiro atoms. The zero-order valence-electron chi connectivity index (χ0n) is 12.3. The van der Waals surface area contributed by atoms with Crippen molar-refractivity contribution >= 4 is 16.9 Å². The third-order valence-corrected chi connectivity index (χ3v) is 4.05. The normalized spacial score (nSPS) is 16.7. The van der Waals surface area contributed by atoms with Gasteiger partial charge in [0.2, 0.25) is 5.95 Å². The molecular weight excluding hydrogens is 309 g/mol. The summed E-state index contributed by atoms with van der Waals surface area (Å²) in [6.45, 7) is 2.61. The fourth-order valence-electron chi connectivity index (χ4n) is 2.73. The number of anilines is 1. The van der Waals surface area contributed by atoms with E-state index < -0.39 is 17.3 Å². The first-order valence-electron chi connectivity index (χ1n) is 7.49. The number of aromatic nitrogens is 2. The first-order chi connectivity index (χ1) is 10.9. The third-order valence-electron chi connectivity index (χ3n) is 4.05. The van der Waals surface area contributed by atoms with E-state index in [-0.39, 0.29) is 10.9 Å². The summed E-state index contributed by atoms with van der Waals surface area (Å²) in [5.74, 6) is 0.783. The van der Waals surface area contributed by atoms with Crippen molar-refractivity contribution < 1.29 is 13.2 Å². The molecule has 0 saturated carbocycles. The maximum Gasteiger partial charge on any atom is 0.416 e. The minimum Gasteiger partial charge on any atom is -0.355 e. The van der Waals surface area contributed by atoms with Gasteiger partial charge in [0.25, 0.3) is 5.56 Å². The van der Waals surface area contributed by atoms with Crippen LogP contribution in [-0.4, -0.2) is 29.6 Å². The van der Waals surface area contributed by atoms with Gasteiger partial charge in [-0.05, 0) is 50.0 Å². The van der Waals surface area contributed by atoms with Gasteiger partial charge < -0.3 is 10.6 Å². The Labute approximate surface area is 130 Å². The Balaban J connectivity index is 1.82. The number of fused-ring (bicyclic) bond motifs is 1. The van der Waals surface area contributed by atoms with Gasteiger partial charge in [-0.2, -0.15) is 13.2 Å². The lowest BCUT2D eigenvalue weighted by molar-refractivity contribution is -0.137. The van der Waals surface area contributed by atoms with Crippen LogP contribution in [0.1, 0.15) is 18.4 Å². The lowest BCUT2D eigenvalue weighted by atomic mass is 9.98. The lowest BCUT2D eigenvalue weighted by Crippen LogP contribution is -2.31. The SMILES string of the molecule is O=c1[nH]c(NCC2CCNCC2)nc2ccc(C(F)(F)F)cc12. The van der Waals surface area contributed by atoms with Crippen molar-refractivity contribution in [1.82, 2.24) is 15.3 Å². The molecule has 124 valence electrons. The predicted octanol–water partition coefficient (Wildman–Crippen LogP) is 2.35. The molecule has 2 heterocycles. The second kappa shape index (κ2) is 6.19. The molecule has 8 heteroatoms. The first kappa shape index (κ1) is 15.8. The van der Waals surface area contributed by atoms with Gasteiger partial charge in [-0.3, -0.25) is 9.78 Å². The molecule has 3 N–H and O–H groups in total. The number of rotatable bonds is 3. The number of halogens is 3. The van der Waals surface area contributed by atoms with E-state index in [9.17, 15) is 18.0 Å². The Morgan fingerprint density at radius 3 is 2.70 bits per heavy atom. The Morgan fingerprint density at radius 2 is 2.00 bits per heavy atom. The Kier molecular flexibility index (Phi) is 4.25. The van der Waals surface area contributed by atoms with Gasteiger partial charge in [0, 0.05) is 6.54 Å². The van der Waals surface area contributed by atoms with Gasteiger partial charge in [-0.1, -0.05) is 0 Å². The minimum atomic E-state index is -4.48. The van der Waals surface area contributed by atoms with E-state index in [1.807, 2.05) is 0 Å². The predicted molar refractivity (Wildman–Crippen MR) is 81.4 cm³/mol. The molecule has 1 aromatic carbocycles. The molecule has 0 radical (unpaired) electrons. The fourth-order valence-corrected chi connectivity index (χ4v) is 2.73. The van der Waals surface area contributed by atoms with E-state index in [1.165, 1.54) is 6.07 Å². The monoisotopic (exact) mass is 326 g/mol. The minimum absolute atomic E-state index is 0.0627. The zero-order chi connectivity index (χ0) is 16.4. The van der Waals surface area contributed by atoms with Gasteiger partial charge in [-0.15, -0.1) is 0 Å². The van der Waals surface area contributed by atoms with Gasteiger partial charge in [0.1, 0.15) is 0 Å². The van der Waals surface area contributed by atoms with Crippen molar-refractivity contribution in [3.8, 4) is 0 Å². The molecule has 23 heavy (non-hydrogen) atoms. The van der Waals surface area contributed by atoms with Gasteiger partial charge in [-0.25, -0.2) is 4.98 Å². The number of aromatic amines is 1. The molecule has 0 amide bonds. The number of piperidine rings is 1. The van der Waals surface area contributed by atoms with E-state index in [0.29, 0.717) is 18.4 Å². The molecule has 1 fully saturated rings. The van der Waals surface area contributed by atoms with Crippen LogP contribution in [0, 0.1) is 5.92 Å². The summed E-state index contributed by atoms with van der Waals surface area (Å²) in [6.07, 6.45) is -2.40. The molecule has 1 saturated heterocycles. The van der Waals surface area contributed by atoms with Crippen LogP contribution in [-0.2, 0) is 6.18 Å². The number of nitrogens with zero attached hydrogens (tertiary/aromatic N) is 1. The Morgan fingerprint density at radius 1 is 1.26 bits per heavy atom. The standard InChI is InChI=1S/C15H17F3N4O/c16-15(17,18)10-1-2-12-11(7-10)13(23)22-14(21-12)20-8-9-3-5-19-6-4-9/h1-2,7,9,19H,3-6,8H2,(H2,20,21,22,23). The Bertz CT molecular complexity index is 750. The van der Waals surface area contributed by atoms with E-state index in [0.717, 1.165) is 38.1 Å². The maximum absolute atomic E-state index is 12.7. The van der Waals surface area contributed by atoms with Gasteiger partial charge in [0.15, 0.2) is 0 Å². The topological polar surface area (TPSA) is 69.8 Å². The quantitative estimate of drug-likeness (QED) is 0.810. The van der Waals surface area contributed by atoms with Crippen LogP contribution < -0.4 is 16.2 Å². The highest BCUT2D eigenvalue weighted by Crippen LogP contribution is 2.30. The number of alkyl halides is 3. The molecule has 3 rings (SSSR count). The van der Waals surface area contributed by atoms with Crippen molar-refractivity contribution in [2.45, 2.75) is 19.0 Å². The molecular formula is C15H17F3N4O. The second-order valence-electron chi connectivity index (χ2n) is 5.72. The van der Waals surface area contributed by atoms with E-state index >= 15 is 0 Å². The van der Waals surface area contributed by atoms with Crippen LogP contribution in [0.15, 0.2) is 23.0 Å². The van der Waals surface area contributed by atoms with Crippen molar-refractivity contribution in [1.29, 1.82) is 0 Å². The zero-order valence-corrected chi connectivity index (χ0v) is 12.3. The summed E-state index contributed by atoms with van der Waals surface area (Å²) in [7, 11) is 0. The molecule has 0 bridgehead atoms. The van der Waals surface area contributed by atoms with Crippen molar-refractivity contribution in [2.24, 2.45) is 5.92 Å². The van der Waals surface area contributed by atoms with Crippen LogP contribution in [0.5, 0.6) is 0 Å². The van der Waals surface area contributed by atoms with E-state index in [1.54, 1.807) is 0 Å². The van der Waals surface area contributed by atoms with Crippen molar-refractivity contribution in [2.75, 3.05) is 25.0 Å². The molecule has 1 aliphatic rings. The van der Waals surface area contributed by atoms with Crippen LogP contribution in [0.3, 0.4) is 0 Å². The number of benzene rings is 1. The summed E-state index contributed by atoms with van der Waals surface area (Å²) in [4.78, 5) is 18.7. The number of H-pyrrole nitrogens is 1. The second-order valence-corrected chi connectivity index (χ2v) is 5.72. The molecule has 0 unspecified atom stereocenters. The molecule has 0 aliphatic carbocycles. The highest BCUT2D eigenvalue weighted by Gasteiger charge is 2.30. The van der Waals surface area contributed by atoms with Crippen molar-refractivity contribution in [3.05, 3.63) is 34.1 Å².